The molecule has 82 valence electrons. The minimum absolute atomic E-state index is 0.653. The molecule has 16 heavy (non-hydrogen) atoms. The number of hydrogen-bond acceptors (Lipinski definition) is 2. The lowest BCUT2D eigenvalue weighted by Gasteiger charge is -2.38. The van der Waals surface area contributed by atoms with Gasteiger partial charge in [-0.05, 0) is 30.5 Å². The zero-order chi connectivity index (χ0) is 11.2. The van der Waals surface area contributed by atoms with Crippen LogP contribution in [0.1, 0.15) is 24.8 Å². The highest BCUT2D eigenvalue weighted by Gasteiger charge is 2.45. The third-order valence-corrected chi connectivity index (χ3v) is 3.59. The molecule has 0 radical (unpaired) electrons. The standard InChI is InChI=1S/C12H12N2O2/c15-11(16)12(4-1-5-12)8-2-3-9-10(6-8)14-7-13-9/h2-3,6-7H,1,4-5H2,(H,13,14)(H,15,16). The predicted molar refractivity (Wildman–Crippen MR) is 59.3 cm³/mol. The molecule has 0 spiro atoms. The fourth-order valence-electron chi connectivity index (χ4n) is 2.39. The van der Waals surface area contributed by atoms with Crippen LogP contribution in [0.3, 0.4) is 0 Å². The third kappa shape index (κ3) is 1.10. The number of imidazole rings is 1. The molecular formula is C12H12N2O2. The Kier molecular flexibility index (Phi) is 1.80. The summed E-state index contributed by atoms with van der Waals surface area (Å²) in [4.78, 5) is 18.5. The van der Waals surface area contributed by atoms with E-state index in [1.54, 1.807) is 6.33 Å². The summed E-state index contributed by atoms with van der Waals surface area (Å²) < 4.78 is 0. The van der Waals surface area contributed by atoms with E-state index >= 15 is 0 Å². The first-order chi connectivity index (χ1) is 7.72. The van der Waals surface area contributed by atoms with Gasteiger partial charge in [-0.2, -0.15) is 0 Å². The maximum atomic E-state index is 11.4. The smallest absolute Gasteiger partial charge is 0.314 e. The molecule has 1 aromatic carbocycles. The number of carboxylic acid groups (broad SMARTS) is 1. The number of aromatic amines is 1. The molecule has 1 aliphatic rings. The summed E-state index contributed by atoms with van der Waals surface area (Å²) in [6.07, 6.45) is 4.10. The highest BCUT2D eigenvalue weighted by atomic mass is 16.4. The lowest BCUT2D eigenvalue weighted by atomic mass is 9.64. The van der Waals surface area contributed by atoms with Gasteiger partial charge in [0.25, 0.3) is 0 Å². The highest BCUT2D eigenvalue weighted by Crippen LogP contribution is 2.44. The molecule has 4 heteroatoms. The minimum atomic E-state index is -0.711. The second-order valence-corrected chi connectivity index (χ2v) is 4.38. The molecule has 1 saturated carbocycles. The van der Waals surface area contributed by atoms with Crippen molar-refractivity contribution in [1.29, 1.82) is 0 Å². The van der Waals surface area contributed by atoms with E-state index in [4.69, 9.17) is 0 Å². The molecule has 3 rings (SSSR count). The molecule has 0 atom stereocenters. The first kappa shape index (κ1) is 9.39. The number of nitrogens with one attached hydrogen (secondary N) is 1. The molecule has 1 aromatic heterocycles. The van der Waals surface area contributed by atoms with Crippen LogP contribution < -0.4 is 0 Å². The predicted octanol–water partition coefficient (Wildman–Crippen LogP) is 2.07. The lowest BCUT2D eigenvalue weighted by molar-refractivity contribution is -0.147. The summed E-state index contributed by atoms with van der Waals surface area (Å²) in [6.45, 7) is 0. The van der Waals surface area contributed by atoms with Crippen molar-refractivity contribution in [2.45, 2.75) is 24.7 Å². The number of aliphatic carboxylic acids is 1. The van der Waals surface area contributed by atoms with Crippen LogP contribution in [0.2, 0.25) is 0 Å². The van der Waals surface area contributed by atoms with Crippen LogP contribution in [0.25, 0.3) is 11.0 Å². The van der Waals surface area contributed by atoms with Crippen molar-refractivity contribution in [2.75, 3.05) is 0 Å². The number of fused-ring (bicyclic) bond motifs is 1. The average molecular weight is 216 g/mol. The molecule has 0 aliphatic heterocycles. The second-order valence-electron chi connectivity index (χ2n) is 4.38. The Bertz CT molecular complexity index is 555. The Morgan fingerprint density at radius 3 is 2.88 bits per heavy atom. The van der Waals surface area contributed by atoms with Gasteiger partial charge in [0.2, 0.25) is 0 Å². The van der Waals surface area contributed by atoms with Crippen molar-refractivity contribution in [2.24, 2.45) is 0 Å². The van der Waals surface area contributed by atoms with Gasteiger partial charge in [-0.25, -0.2) is 4.98 Å². The van der Waals surface area contributed by atoms with E-state index in [-0.39, 0.29) is 0 Å². The lowest BCUT2D eigenvalue weighted by Crippen LogP contribution is -2.42. The van der Waals surface area contributed by atoms with E-state index in [2.05, 4.69) is 9.97 Å². The number of carboxylic acids is 1. The van der Waals surface area contributed by atoms with E-state index in [9.17, 15) is 9.90 Å². The SMILES string of the molecule is O=C(O)C1(c2ccc3nc[nH]c3c2)CCC1. The van der Waals surface area contributed by atoms with Crippen LogP contribution in [-0.2, 0) is 10.2 Å². The van der Waals surface area contributed by atoms with Gasteiger partial charge >= 0.3 is 5.97 Å². The Morgan fingerprint density at radius 2 is 2.25 bits per heavy atom. The van der Waals surface area contributed by atoms with Gasteiger partial charge in [-0.3, -0.25) is 4.79 Å². The summed E-state index contributed by atoms with van der Waals surface area (Å²) in [5, 5.41) is 9.33. The fourth-order valence-corrected chi connectivity index (χ4v) is 2.39. The number of rotatable bonds is 2. The van der Waals surface area contributed by atoms with Gasteiger partial charge in [0.1, 0.15) is 0 Å². The molecule has 1 fully saturated rings. The van der Waals surface area contributed by atoms with Crippen LogP contribution >= 0.6 is 0 Å². The first-order valence-electron chi connectivity index (χ1n) is 5.39. The Labute approximate surface area is 92.3 Å². The molecule has 0 saturated heterocycles. The van der Waals surface area contributed by atoms with Gasteiger partial charge in [0.05, 0.1) is 22.8 Å². The molecule has 4 nitrogen and oxygen atoms in total. The molecule has 0 amide bonds. The normalized spacial score (nSPS) is 18.2. The second kappa shape index (κ2) is 3.07. The zero-order valence-electron chi connectivity index (χ0n) is 8.73. The van der Waals surface area contributed by atoms with Crippen LogP contribution in [0.4, 0.5) is 0 Å². The van der Waals surface area contributed by atoms with Crippen molar-refractivity contribution < 1.29 is 9.90 Å². The van der Waals surface area contributed by atoms with Crippen LogP contribution in [0.5, 0.6) is 0 Å². The van der Waals surface area contributed by atoms with Gasteiger partial charge < -0.3 is 10.1 Å². The summed E-state index contributed by atoms with van der Waals surface area (Å²) in [5.74, 6) is -0.711. The van der Waals surface area contributed by atoms with Crippen LogP contribution in [0.15, 0.2) is 24.5 Å². The van der Waals surface area contributed by atoms with Crippen molar-refractivity contribution in [3.8, 4) is 0 Å². The number of H-pyrrole nitrogens is 1. The van der Waals surface area contributed by atoms with Gasteiger partial charge in [0, 0.05) is 0 Å². The zero-order valence-corrected chi connectivity index (χ0v) is 8.73. The molecule has 1 heterocycles. The molecule has 1 aliphatic carbocycles. The van der Waals surface area contributed by atoms with Gasteiger partial charge in [-0.1, -0.05) is 12.5 Å². The summed E-state index contributed by atoms with van der Waals surface area (Å²) >= 11 is 0. The summed E-state index contributed by atoms with van der Waals surface area (Å²) in [7, 11) is 0. The van der Waals surface area contributed by atoms with Crippen molar-refractivity contribution in [3.05, 3.63) is 30.1 Å². The number of hydrogen-bond donors (Lipinski definition) is 2. The van der Waals surface area contributed by atoms with Crippen LogP contribution in [0, 0.1) is 0 Å². The number of benzene rings is 1. The molecule has 2 aromatic rings. The van der Waals surface area contributed by atoms with Gasteiger partial charge in [-0.15, -0.1) is 0 Å². The van der Waals surface area contributed by atoms with E-state index in [1.165, 1.54) is 0 Å². The van der Waals surface area contributed by atoms with Gasteiger partial charge in [0.15, 0.2) is 0 Å². The quantitative estimate of drug-likeness (QED) is 0.807. The summed E-state index contributed by atoms with van der Waals surface area (Å²) in [6, 6.07) is 5.68. The Balaban J connectivity index is 2.14. The largest absolute Gasteiger partial charge is 0.481 e. The fraction of sp³-hybridized carbons (Fsp3) is 0.333. The monoisotopic (exact) mass is 216 g/mol. The molecule has 2 N–H and O–H groups in total. The van der Waals surface area contributed by atoms with Crippen molar-refractivity contribution in [1.82, 2.24) is 9.97 Å². The molecular weight excluding hydrogens is 204 g/mol. The maximum absolute atomic E-state index is 11.4. The van der Waals surface area contributed by atoms with E-state index < -0.39 is 11.4 Å². The highest BCUT2D eigenvalue weighted by molar-refractivity contribution is 5.85. The molecule has 0 unspecified atom stereocenters. The summed E-state index contributed by atoms with van der Waals surface area (Å²) in [5.41, 5.74) is 2.02. The Hall–Kier alpha value is -1.84. The topological polar surface area (TPSA) is 66.0 Å². The number of aromatic nitrogens is 2. The van der Waals surface area contributed by atoms with E-state index in [0.717, 1.165) is 35.9 Å². The number of nitrogens with zero attached hydrogens (tertiary/aromatic N) is 1. The van der Waals surface area contributed by atoms with Crippen molar-refractivity contribution >= 4 is 17.0 Å². The van der Waals surface area contributed by atoms with E-state index in [0.29, 0.717) is 0 Å². The van der Waals surface area contributed by atoms with E-state index in [1.807, 2.05) is 18.2 Å². The maximum Gasteiger partial charge on any atom is 0.314 e. The first-order valence-corrected chi connectivity index (χ1v) is 5.39. The van der Waals surface area contributed by atoms with Crippen LogP contribution in [-0.4, -0.2) is 21.0 Å². The number of carbonyl (C=O) groups is 1. The average Bonchev–Trinajstić information content (AvgIpc) is 2.62. The minimum Gasteiger partial charge on any atom is -0.481 e. The molecule has 0 bridgehead atoms. The van der Waals surface area contributed by atoms with Crippen molar-refractivity contribution in [3.63, 3.8) is 0 Å². The third-order valence-electron chi connectivity index (χ3n) is 3.59. The Morgan fingerprint density at radius 1 is 1.44 bits per heavy atom.